The van der Waals surface area contributed by atoms with E-state index in [1.807, 2.05) is 18.2 Å². The average Bonchev–Trinajstić information content (AvgIpc) is 4.09. The molecule has 0 aromatic heterocycles. The smallest absolute Gasteiger partial charge is 0.260 e. The van der Waals surface area contributed by atoms with Gasteiger partial charge in [0.05, 0.1) is 56.5 Å². The lowest BCUT2D eigenvalue weighted by Crippen LogP contribution is -2.45. The molecule has 0 unspecified atom stereocenters. The summed E-state index contributed by atoms with van der Waals surface area (Å²) < 4.78 is 47.6. The summed E-state index contributed by atoms with van der Waals surface area (Å²) in [5.74, 6) is 7.00. The van der Waals surface area contributed by atoms with Crippen LogP contribution in [0.15, 0.2) is 60.4 Å². The summed E-state index contributed by atoms with van der Waals surface area (Å²) in [6.07, 6.45) is 4.28. The lowest BCUT2D eigenvalue weighted by molar-refractivity contribution is -0.123. The molecule has 5 aliphatic rings. The number of anilines is 2. The van der Waals surface area contributed by atoms with Crippen molar-refractivity contribution < 1.29 is 57.1 Å². The van der Waals surface area contributed by atoms with Gasteiger partial charge in [-0.15, -0.1) is 0 Å². The maximum absolute atomic E-state index is 14.6. The number of methoxy groups -OCH3 is 2. The molecular formula is C51H63N5O12Si2. The molecule has 5 aliphatic heterocycles. The molecule has 0 saturated heterocycles. The van der Waals surface area contributed by atoms with Crippen LogP contribution >= 0.6 is 0 Å². The summed E-state index contributed by atoms with van der Waals surface area (Å²) in [7, 11) is 0.0892. The normalized spacial score (nSPS) is 18.3. The summed E-state index contributed by atoms with van der Waals surface area (Å²) in [5, 5.41) is 0. The van der Waals surface area contributed by atoms with Crippen molar-refractivity contribution in [2.45, 2.75) is 82.7 Å². The number of ether oxygens (including phenoxy) is 8. The minimum atomic E-state index is -1.45. The van der Waals surface area contributed by atoms with Crippen LogP contribution in [0.4, 0.5) is 11.4 Å². The van der Waals surface area contributed by atoms with E-state index >= 15 is 0 Å². The summed E-state index contributed by atoms with van der Waals surface area (Å²) >= 11 is 0. The van der Waals surface area contributed by atoms with E-state index in [-0.39, 0.29) is 81.2 Å². The topological polar surface area (TPSA) is 181 Å². The van der Waals surface area contributed by atoms with E-state index in [4.69, 9.17) is 43.6 Å². The van der Waals surface area contributed by atoms with Gasteiger partial charge >= 0.3 is 0 Å². The molecule has 0 radical (unpaired) electrons. The molecule has 4 amide bonds. The maximum Gasteiger partial charge on any atom is 0.260 e. The Labute approximate surface area is 411 Å². The minimum absolute atomic E-state index is 0.0588. The first-order chi connectivity index (χ1) is 33.5. The Morgan fingerprint density at radius 1 is 0.657 bits per heavy atom. The Kier molecular flexibility index (Phi) is 15.0. The lowest BCUT2D eigenvalue weighted by Gasteiger charge is -2.27. The summed E-state index contributed by atoms with van der Waals surface area (Å²) in [4.78, 5) is 63.6. The Hall–Kier alpha value is -6.31. The molecule has 2 N–H and O–H groups in total. The molecule has 3 aromatic rings. The maximum atomic E-state index is 14.6. The number of benzene rings is 3. The Bertz CT molecular complexity index is 2670. The largest absolute Gasteiger partial charge is 0.493 e. The zero-order valence-electron chi connectivity index (χ0n) is 41.3. The van der Waals surface area contributed by atoms with E-state index in [2.05, 4.69) is 51.1 Å². The van der Waals surface area contributed by atoms with E-state index in [1.54, 1.807) is 36.7 Å². The summed E-state index contributed by atoms with van der Waals surface area (Å²) in [6.45, 7) is 14.9. The van der Waals surface area contributed by atoms with Gasteiger partial charge in [-0.25, -0.2) is 0 Å². The minimum Gasteiger partial charge on any atom is -0.493 e. The fourth-order valence-corrected chi connectivity index (χ4v) is 10.2. The van der Waals surface area contributed by atoms with Gasteiger partial charge in [0.25, 0.3) is 23.6 Å². The van der Waals surface area contributed by atoms with E-state index in [1.165, 1.54) is 33.8 Å². The molecule has 372 valence electrons. The van der Waals surface area contributed by atoms with Crippen molar-refractivity contribution >= 4 is 56.7 Å². The third-order valence-electron chi connectivity index (χ3n) is 12.6. The van der Waals surface area contributed by atoms with Gasteiger partial charge in [0.2, 0.25) is 6.79 Å². The number of amides is 4. The highest BCUT2D eigenvalue weighted by Gasteiger charge is 2.45. The van der Waals surface area contributed by atoms with Crippen LogP contribution in [0.2, 0.25) is 51.4 Å². The van der Waals surface area contributed by atoms with Crippen molar-refractivity contribution in [1.29, 1.82) is 0 Å². The van der Waals surface area contributed by atoms with Crippen LogP contribution in [0.1, 0.15) is 45.5 Å². The standard InChI is InChI=1S/C51H63N5O12Si2/c1-61-43-24-36-38(55(30-63-17-19-69(3,4)5)50(59)40-21-33(11-9-14-52)28-53(40)48(36)57)26-46(43)65-15-10-16-66-47-27-39-37(25-44(47)62-2)49(58)54-29-35(34-12-13-42-45(23-34)68-32-67-42)22-41(54)51(60)56(39)31-64-18-20-70(6,7)8/h12-13,23-29,40-41H,10,14-22,30-32,52H2,1-8H3/t40-,41-/m0/s1. The van der Waals surface area contributed by atoms with E-state index in [9.17, 15) is 19.2 Å². The van der Waals surface area contributed by atoms with Crippen molar-refractivity contribution in [1.82, 2.24) is 9.80 Å². The molecule has 8 rings (SSSR count). The molecule has 0 aliphatic carbocycles. The molecule has 0 bridgehead atoms. The number of fused-ring (bicyclic) bond motifs is 5. The van der Waals surface area contributed by atoms with Gasteiger partial charge in [0.15, 0.2) is 34.5 Å². The van der Waals surface area contributed by atoms with Crippen LogP contribution in [0.25, 0.3) is 5.57 Å². The number of carbonyl (C=O) groups excluding carboxylic acids is 4. The highest BCUT2D eigenvalue weighted by molar-refractivity contribution is 6.76. The number of hydrogen-bond donors (Lipinski definition) is 1. The first-order valence-corrected chi connectivity index (χ1v) is 31.0. The molecular weight excluding hydrogens is 931 g/mol. The fourth-order valence-electron chi connectivity index (χ4n) is 8.65. The van der Waals surface area contributed by atoms with Crippen molar-refractivity contribution in [3.8, 4) is 46.3 Å². The Morgan fingerprint density at radius 3 is 1.71 bits per heavy atom. The van der Waals surface area contributed by atoms with Crippen LogP contribution in [0.3, 0.4) is 0 Å². The first kappa shape index (κ1) is 50.1. The Balaban J connectivity index is 1.01. The quantitative estimate of drug-likeness (QED) is 0.0744. The zero-order valence-corrected chi connectivity index (χ0v) is 43.3. The van der Waals surface area contributed by atoms with E-state index in [0.717, 1.165) is 23.2 Å². The van der Waals surface area contributed by atoms with Gasteiger partial charge in [-0.3, -0.25) is 29.0 Å². The summed E-state index contributed by atoms with van der Waals surface area (Å²) in [5.41, 5.74) is 9.12. The van der Waals surface area contributed by atoms with Gasteiger partial charge in [-0.2, -0.15) is 0 Å². The van der Waals surface area contributed by atoms with Crippen molar-refractivity contribution in [2.24, 2.45) is 5.73 Å². The highest BCUT2D eigenvalue weighted by atomic mass is 28.3. The predicted octanol–water partition coefficient (Wildman–Crippen LogP) is 6.91. The molecule has 19 heteroatoms. The molecule has 2 atom stereocenters. The van der Waals surface area contributed by atoms with Crippen LogP contribution in [-0.4, -0.2) is 129 Å². The fraction of sp³-hybridized carbons (Fsp3) is 0.451. The van der Waals surface area contributed by atoms with Gasteiger partial charge in [0, 0.05) is 78.7 Å². The number of nitrogens with zero attached hydrogens (tertiary/aromatic N) is 4. The number of carbonyl (C=O) groups is 4. The first-order valence-electron chi connectivity index (χ1n) is 23.6. The second-order valence-corrected chi connectivity index (χ2v) is 31.3. The van der Waals surface area contributed by atoms with E-state index < -0.39 is 28.2 Å². The number of rotatable bonds is 19. The molecule has 0 spiro atoms. The summed E-state index contributed by atoms with van der Waals surface area (Å²) in [6, 6.07) is 12.3. The van der Waals surface area contributed by atoms with Crippen LogP contribution in [0.5, 0.6) is 34.5 Å². The lowest BCUT2D eigenvalue weighted by atomic mass is 10.0. The van der Waals surface area contributed by atoms with Gasteiger partial charge in [-0.05, 0) is 47.5 Å². The SMILES string of the molecule is COc1cc2c(cc1OCCCOc1cc3c(cc1OC)C(=O)N1C=C(c4ccc5c(c4)OCO5)C[C@H]1C(=O)N3COCC[Si](C)(C)C)N(COCC[Si](C)(C)C)C(=O)[C@@H]1CC(C#CCN)=CN1C2=O. The molecule has 0 saturated carbocycles. The Morgan fingerprint density at radius 2 is 1.19 bits per heavy atom. The van der Waals surface area contributed by atoms with Gasteiger partial charge in [-0.1, -0.05) is 57.2 Å². The van der Waals surface area contributed by atoms with Crippen LogP contribution < -0.4 is 44.0 Å². The van der Waals surface area contributed by atoms with Gasteiger partial charge < -0.3 is 53.4 Å². The second kappa shape index (κ2) is 21.0. The van der Waals surface area contributed by atoms with E-state index in [0.29, 0.717) is 77.5 Å². The third kappa shape index (κ3) is 10.9. The zero-order chi connectivity index (χ0) is 49.9. The molecule has 5 heterocycles. The van der Waals surface area contributed by atoms with Crippen molar-refractivity contribution in [3.05, 3.63) is 77.1 Å². The highest BCUT2D eigenvalue weighted by Crippen LogP contribution is 2.44. The predicted molar refractivity (Wildman–Crippen MR) is 269 cm³/mol. The number of hydrogen-bond acceptors (Lipinski definition) is 13. The molecule has 70 heavy (non-hydrogen) atoms. The second-order valence-electron chi connectivity index (χ2n) is 20.1. The average molecular weight is 994 g/mol. The molecule has 17 nitrogen and oxygen atoms in total. The van der Waals surface area contributed by atoms with Crippen molar-refractivity contribution in [3.63, 3.8) is 0 Å². The number of nitrogens with two attached hydrogens (primary N) is 1. The van der Waals surface area contributed by atoms with Crippen LogP contribution in [-0.2, 0) is 19.1 Å². The molecule has 0 fully saturated rings. The van der Waals surface area contributed by atoms with Gasteiger partial charge in [0.1, 0.15) is 25.5 Å². The van der Waals surface area contributed by atoms with Crippen LogP contribution in [0, 0.1) is 11.8 Å². The molecule has 3 aromatic carbocycles. The third-order valence-corrected chi connectivity index (χ3v) is 16.0. The van der Waals surface area contributed by atoms with Crippen molar-refractivity contribution in [2.75, 3.05) is 77.2 Å². The monoisotopic (exact) mass is 993 g/mol.